The second-order valence-corrected chi connectivity index (χ2v) is 6.41. The largest absolute Gasteiger partial charge is 0.489 e. The number of rotatable bonds is 1. The van der Waals surface area contributed by atoms with Gasteiger partial charge in [-0.2, -0.15) is 5.10 Å². The predicted octanol–water partition coefficient (Wildman–Crippen LogP) is 2.97. The van der Waals surface area contributed by atoms with Gasteiger partial charge in [0.25, 0.3) is 0 Å². The highest BCUT2D eigenvalue weighted by Crippen LogP contribution is 2.50. The molecular weight excluding hydrogens is 322 g/mol. The van der Waals surface area contributed by atoms with Gasteiger partial charge in [-0.05, 0) is 25.0 Å². The van der Waals surface area contributed by atoms with Crippen molar-refractivity contribution in [3.8, 4) is 22.6 Å². The Morgan fingerprint density at radius 3 is 2.45 bits per heavy atom. The molecular formula is C14H14BrN3O2. The van der Waals surface area contributed by atoms with Gasteiger partial charge in [-0.3, -0.25) is 5.10 Å². The van der Waals surface area contributed by atoms with Crippen LogP contribution in [0.1, 0.15) is 12.8 Å². The Morgan fingerprint density at radius 2 is 1.85 bits per heavy atom. The second kappa shape index (κ2) is 4.15. The fourth-order valence-corrected chi connectivity index (χ4v) is 2.98. The number of nitrogens with zero attached hydrogens (tertiary/aromatic N) is 1. The molecule has 1 saturated carbocycles. The highest BCUT2D eigenvalue weighted by Gasteiger charge is 2.46. The Balaban J connectivity index is 1.77. The maximum Gasteiger partial charge on any atom is 0.162 e. The Labute approximate surface area is 124 Å². The molecule has 2 heterocycles. The lowest BCUT2D eigenvalue weighted by molar-refractivity contribution is 0.197. The summed E-state index contributed by atoms with van der Waals surface area (Å²) < 4.78 is 12.8. The first-order chi connectivity index (χ1) is 9.67. The van der Waals surface area contributed by atoms with Gasteiger partial charge in [0.05, 0.1) is 19.4 Å². The molecule has 0 atom stereocenters. The first-order valence-corrected chi connectivity index (χ1v) is 7.35. The summed E-state index contributed by atoms with van der Waals surface area (Å²) in [5, 5.41) is 6.70. The van der Waals surface area contributed by atoms with E-state index in [4.69, 9.17) is 15.2 Å². The summed E-state index contributed by atoms with van der Waals surface area (Å²) in [5.74, 6) is 2.10. The van der Waals surface area contributed by atoms with Crippen molar-refractivity contribution in [3.63, 3.8) is 0 Å². The number of aromatic amines is 1. The summed E-state index contributed by atoms with van der Waals surface area (Å²) in [4.78, 5) is 0. The minimum absolute atomic E-state index is 0.236. The molecule has 1 aliphatic carbocycles. The molecule has 0 bridgehead atoms. The molecule has 1 aliphatic heterocycles. The summed E-state index contributed by atoms with van der Waals surface area (Å²) in [6.07, 6.45) is 4.08. The molecule has 1 aromatic carbocycles. The van der Waals surface area contributed by atoms with Crippen LogP contribution >= 0.6 is 15.9 Å². The number of anilines is 1. The van der Waals surface area contributed by atoms with Gasteiger partial charge in [-0.15, -0.1) is 0 Å². The van der Waals surface area contributed by atoms with E-state index in [1.165, 1.54) is 12.8 Å². The number of H-pyrrole nitrogens is 1. The van der Waals surface area contributed by atoms with Crippen molar-refractivity contribution in [1.82, 2.24) is 10.2 Å². The third kappa shape index (κ3) is 1.86. The normalized spacial score (nSPS) is 18.9. The van der Waals surface area contributed by atoms with E-state index in [1.54, 1.807) is 6.20 Å². The molecule has 1 aromatic heterocycles. The summed E-state index contributed by atoms with van der Waals surface area (Å²) in [6.45, 7) is 1.46. The molecule has 5 nitrogen and oxygen atoms in total. The lowest BCUT2D eigenvalue weighted by Gasteiger charge is -2.11. The van der Waals surface area contributed by atoms with Crippen LogP contribution in [0.5, 0.6) is 11.5 Å². The second-order valence-electron chi connectivity index (χ2n) is 5.55. The van der Waals surface area contributed by atoms with Crippen LogP contribution in [0.15, 0.2) is 22.8 Å². The molecule has 2 aromatic rings. The molecule has 6 heteroatoms. The molecule has 3 N–H and O–H groups in total. The van der Waals surface area contributed by atoms with E-state index in [0.717, 1.165) is 40.3 Å². The topological polar surface area (TPSA) is 73.2 Å². The summed E-state index contributed by atoms with van der Waals surface area (Å²) in [6, 6.07) is 3.90. The molecule has 4 rings (SSSR count). The number of hydrogen-bond donors (Lipinski definition) is 2. The maximum absolute atomic E-state index is 5.94. The van der Waals surface area contributed by atoms with Crippen LogP contribution in [-0.2, 0) is 0 Å². The summed E-state index contributed by atoms with van der Waals surface area (Å²) >= 11 is 3.57. The van der Waals surface area contributed by atoms with Crippen molar-refractivity contribution in [2.45, 2.75) is 12.8 Å². The first-order valence-electron chi connectivity index (χ1n) is 6.55. The number of fused-ring (bicyclic) bond motifs is 1. The average molecular weight is 336 g/mol. The van der Waals surface area contributed by atoms with Crippen molar-refractivity contribution in [3.05, 3.63) is 22.8 Å². The van der Waals surface area contributed by atoms with Crippen LogP contribution in [-0.4, -0.2) is 23.4 Å². The number of nitrogen functional groups attached to an aromatic ring is 1. The van der Waals surface area contributed by atoms with Crippen molar-refractivity contribution in [2.75, 3.05) is 18.9 Å². The van der Waals surface area contributed by atoms with Crippen molar-refractivity contribution < 1.29 is 9.47 Å². The minimum Gasteiger partial charge on any atom is -0.489 e. The van der Waals surface area contributed by atoms with E-state index in [0.29, 0.717) is 5.82 Å². The van der Waals surface area contributed by atoms with Gasteiger partial charge in [0.1, 0.15) is 5.82 Å². The van der Waals surface area contributed by atoms with Crippen LogP contribution < -0.4 is 15.2 Å². The smallest absolute Gasteiger partial charge is 0.162 e. The monoisotopic (exact) mass is 335 g/mol. The van der Waals surface area contributed by atoms with E-state index < -0.39 is 0 Å². The number of benzene rings is 1. The SMILES string of the molecule is Nc1[nH]ncc1-c1cc2c(cc1Br)OCC1(CC1)CO2. The molecule has 1 spiro atoms. The molecule has 104 valence electrons. The number of nitrogens with one attached hydrogen (secondary N) is 1. The van der Waals surface area contributed by atoms with E-state index in [-0.39, 0.29) is 5.41 Å². The molecule has 0 saturated heterocycles. The Hall–Kier alpha value is -1.69. The summed E-state index contributed by atoms with van der Waals surface area (Å²) in [5.41, 5.74) is 7.93. The number of hydrogen-bond acceptors (Lipinski definition) is 4. The van der Waals surface area contributed by atoms with E-state index >= 15 is 0 Å². The maximum atomic E-state index is 5.94. The van der Waals surface area contributed by atoms with Gasteiger partial charge in [0, 0.05) is 21.0 Å². The number of halogens is 1. The Morgan fingerprint density at radius 1 is 1.15 bits per heavy atom. The van der Waals surface area contributed by atoms with Crippen LogP contribution in [0.2, 0.25) is 0 Å². The van der Waals surface area contributed by atoms with Gasteiger partial charge in [0.2, 0.25) is 0 Å². The van der Waals surface area contributed by atoms with Crippen LogP contribution in [0.3, 0.4) is 0 Å². The molecule has 0 unspecified atom stereocenters. The standard InChI is InChI=1S/C14H14BrN3O2/c15-10-4-12-11(19-6-14(1-2-14)7-20-12)3-8(10)9-5-17-18-13(9)16/h3-5H,1-2,6-7H2,(H3,16,17,18). The van der Waals surface area contributed by atoms with Crippen LogP contribution in [0, 0.1) is 5.41 Å². The lowest BCUT2D eigenvalue weighted by atomic mass is 10.1. The van der Waals surface area contributed by atoms with E-state index in [2.05, 4.69) is 26.1 Å². The summed E-state index contributed by atoms with van der Waals surface area (Å²) in [7, 11) is 0. The van der Waals surface area contributed by atoms with Crippen LogP contribution in [0.4, 0.5) is 5.82 Å². The zero-order chi connectivity index (χ0) is 13.7. The molecule has 0 amide bonds. The Kier molecular flexibility index (Phi) is 2.51. The quantitative estimate of drug-likeness (QED) is 0.840. The molecule has 2 aliphatic rings. The Bertz CT molecular complexity index is 679. The van der Waals surface area contributed by atoms with Gasteiger partial charge >= 0.3 is 0 Å². The fraction of sp³-hybridized carbons (Fsp3) is 0.357. The van der Waals surface area contributed by atoms with E-state index in [9.17, 15) is 0 Å². The highest BCUT2D eigenvalue weighted by molar-refractivity contribution is 9.10. The minimum atomic E-state index is 0.236. The zero-order valence-electron chi connectivity index (χ0n) is 10.8. The van der Waals surface area contributed by atoms with Crippen molar-refractivity contribution in [2.24, 2.45) is 5.41 Å². The molecule has 20 heavy (non-hydrogen) atoms. The molecule has 0 radical (unpaired) electrons. The molecule has 1 fully saturated rings. The van der Waals surface area contributed by atoms with Gasteiger partial charge in [-0.1, -0.05) is 15.9 Å². The van der Waals surface area contributed by atoms with Gasteiger partial charge < -0.3 is 15.2 Å². The van der Waals surface area contributed by atoms with Crippen molar-refractivity contribution >= 4 is 21.7 Å². The van der Waals surface area contributed by atoms with E-state index in [1.807, 2.05) is 12.1 Å². The number of nitrogens with two attached hydrogens (primary N) is 1. The predicted molar refractivity (Wildman–Crippen MR) is 78.8 cm³/mol. The first kappa shape index (κ1) is 12.1. The zero-order valence-corrected chi connectivity index (χ0v) is 12.4. The number of aromatic nitrogens is 2. The van der Waals surface area contributed by atoms with Gasteiger partial charge in [-0.25, -0.2) is 0 Å². The fourth-order valence-electron chi connectivity index (χ4n) is 2.45. The highest BCUT2D eigenvalue weighted by atomic mass is 79.9. The third-order valence-electron chi connectivity index (χ3n) is 4.02. The lowest BCUT2D eigenvalue weighted by Crippen LogP contribution is -2.17. The van der Waals surface area contributed by atoms with Crippen molar-refractivity contribution in [1.29, 1.82) is 0 Å². The van der Waals surface area contributed by atoms with Gasteiger partial charge in [0.15, 0.2) is 11.5 Å². The van der Waals surface area contributed by atoms with Crippen LogP contribution in [0.25, 0.3) is 11.1 Å². The third-order valence-corrected chi connectivity index (χ3v) is 4.67. The average Bonchev–Trinajstić information content (AvgIpc) is 3.13. The number of ether oxygens (including phenoxy) is 2.